The van der Waals surface area contributed by atoms with Gasteiger partial charge in [0.2, 0.25) is 0 Å². The van der Waals surface area contributed by atoms with Crippen LogP contribution in [0, 0.1) is 0 Å². The van der Waals surface area contributed by atoms with E-state index in [1.165, 1.54) is 50.6 Å². The van der Waals surface area contributed by atoms with Crippen LogP contribution in [0.25, 0.3) is 11.8 Å². The molecule has 2 heterocycles. The molecule has 10 heteroatoms. The smallest absolute Gasteiger partial charge is 0.268 e. The number of ketones is 1. The Morgan fingerprint density at radius 2 is 1.77 bits per heavy atom. The molecule has 0 aliphatic carbocycles. The number of carbonyl (C=O) groups excluding carboxylic acids is 1. The first-order valence-electron chi connectivity index (χ1n) is 11.1. The van der Waals surface area contributed by atoms with Gasteiger partial charge in [-0.05, 0) is 64.6 Å². The molecule has 0 spiro atoms. The predicted octanol–water partition coefficient (Wildman–Crippen LogP) is 3.84. The number of nitrogens with one attached hydrogen (secondary N) is 2. The van der Waals surface area contributed by atoms with Crippen molar-refractivity contribution in [2.45, 2.75) is 38.7 Å². The van der Waals surface area contributed by atoms with Crippen LogP contribution in [0.4, 0.5) is 14.6 Å². The number of phenols is 1. The Labute approximate surface area is 205 Å². The number of allylic oxidation sites excluding steroid dienone is 1. The van der Waals surface area contributed by atoms with Gasteiger partial charge in [-0.2, -0.15) is 0 Å². The van der Waals surface area contributed by atoms with Gasteiger partial charge in [0.15, 0.2) is 5.78 Å². The number of H-pyrrole nitrogens is 1. The van der Waals surface area contributed by atoms with Crippen LogP contribution >= 0.6 is 0 Å². The summed E-state index contributed by atoms with van der Waals surface area (Å²) in [6, 6.07) is 6.33. The summed E-state index contributed by atoms with van der Waals surface area (Å²) in [7, 11) is 3.75. The second kappa shape index (κ2) is 18.2. The van der Waals surface area contributed by atoms with Crippen molar-refractivity contribution in [3.8, 4) is 5.75 Å². The van der Waals surface area contributed by atoms with Crippen molar-refractivity contribution >= 4 is 23.4 Å². The zero-order chi connectivity index (χ0) is 26.8. The number of aromatic hydroxyl groups is 1. The molecular weight excluding hydrogens is 458 g/mol. The van der Waals surface area contributed by atoms with Gasteiger partial charge in [-0.3, -0.25) is 4.79 Å². The molecule has 1 saturated heterocycles. The molecule has 8 N–H and O–H groups in total. The number of alkyl halides is 2. The van der Waals surface area contributed by atoms with E-state index in [1.807, 2.05) is 14.1 Å². The monoisotopic (exact) mass is 496 g/mol. The molecule has 3 rings (SSSR count). The lowest BCUT2D eigenvalue weighted by Crippen LogP contribution is -2.09. The number of nitrogens with two attached hydrogens (primary N) is 2. The molecule has 1 fully saturated rings. The summed E-state index contributed by atoms with van der Waals surface area (Å²) in [6.45, 7) is 6.68. The second-order valence-corrected chi connectivity index (χ2v) is 7.46. The predicted molar refractivity (Wildman–Crippen MR) is 137 cm³/mol. The number of phenolic OH excluding ortho intramolecular Hbond substituents is 1. The third kappa shape index (κ3) is 12.7. The van der Waals surface area contributed by atoms with Crippen LogP contribution in [0.5, 0.6) is 5.75 Å². The normalized spacial score (nSPS) is 13.7. The van der Waals surface area contributed by atoms with Crippen LogP contribution in [0.15, 0.2) is 43.1 Å². The Balaban J connectivity index is 0.000000671. The highest BCUT2D eigenvalue weighted by Gasteiger charge is 2.24. The average molecular weight is 497 g/mol. The van der Waals surface area contributed by atoms with E-state index >= 15 is 0 Å². The SMILES string of the molecule is C1CCOCC1.C=CC(C)=O.CNC.N/C(=C\c1c(C(O)C(F)F)c[nH]c1N)c1ccccc1O. The summed E-state index contributed by atoms with van der Waals surface area (Å²) in [5.41, 5.74) is 12.1. The van der Waals surface area contributed by atoms with E-state index in [1.54, 1.807) is 18.2 Å². The maximum absolute atomic E-state index is 12.6. The molecule has 0 radical (unpaired) electrons. The highest BCUT2D eigenvalue weighted by molar-refractivity contribution is 5.86. The number of ether oxygens (including phenoxy) is 1. The van der Waals surface area contributed by atoms with E-state index in [9.17, 15) is 23.8 Å². The van der Waals surface area contributed by atoms with Gasteiger partial charge >= 0.3 is 0 Å². The van der Waals surface area contributed by atoms with Crippen LogP contribution in [-0.4, -0.2) is 54.7 Å². The molecular formula is C25H38F2N4O4. The zero-order valence-corrected chi connectivity index (χ0v) is 20.6. The number of aliphatic hydroxyl groups is 1. The van der Waals surface area contributed by atoms with E-state index in [2.05, 4.69) is 16.9 Å². The lowest BCUT2D eigenvalue weighted by atomic mass is 10.0. The molecule has 0 saturated carbocycles. The first kappa shape index (κ1) is 31.8. The fourth-order valence-electron chi connectivity index (χ4n) is 2.65. The number of benzene rings is 1. The zero-order valence-electron chi connectivity index (χ0n) is 20.6. The molecule has 35 heavy (non-hydrogen) atoms. The quantitative estimate of drug-likeness (QED) is 0.345. The number of anilines is 1. The van der Waals surface area contributed by atoms with Crippen molar-refractivity contribution in [3.63, 3.8) is 0 Å². The number of rotatable bonds is 5. The fourth-order valence-corrected chi connectivity index (χ4v) is 2.65. The van der Waals surface area contributed by atoms with Gasteiger partial charge < -0.3 is 36.7 Å². The maximum atomic E-state index is 12.6. The van der Waals surface area contributed by atoms with Crippen molar-refractivity contribution in [1.29, 1.82) is 0 Å². The summed E-state index contributed by atoms with van der Waals surface area (Å²) in [6.07, 6.45) is 2.83. The Morgan fingerprint density at radius 3 is 2.17 bits per heavy atom. The van der Waals surface area contributed by atoms with Crippen molar-refractivity contribution < 1.29 is 28.5 Å². The molecule has 0 amide bonds. The van der Waals surface area contributed by atoms with Crippen LogP contribution in [0.3, 0.4) is 0 Å². The van der Waals surface area contributed by atoms with Gasteiger partial charge in [0.1, 0.15) is 17.7 Å². The number of halogens is 2. The highest BCUT2D eigenvalue weighted by atomic mass is 19.3. The summed E-state index contributed by atoms with van der Waals surface area (Å²) in [5.74, 6) is 0.0735. The molecule has 1 unspecified atom stereocenters. The second-order valence-electron chi connectivity index (χ2n) is 7.46. The molecule has 1 aliphatic heterocycles. The highest BCUT2D eigenvalue weighted by Crippen LogP contribution is 2.31. The Morgan fingerprint density at radius 1 is 1.23 bits per heavy atom. The topological polar surface area (TPSA) is 147 Å². The number of hydrogen-bond donors (Lipinski definition) is 6. The molecule has 1 aliphatic rings. The first-order chi connectivity index (χ1) is 16.6. The van der Waals surface area contributed by atoms with Gasteiger partial charge in [0, 0.05) is 41.8 Å². The van der Waals surface area contributed by atoms with E-state index in [0.717, 1.165) is 13.2 Å². The Bertz CT molecular complexity index is 901. The minimum atomic E-state index is -2.95. The van der Waals surface area contributed by atoms with Crippen molar-refractivity contribution in [2.75, 3.05) is 33.0 Å². The van der Waals surface area contributed by atoms with E-state index in [4.69, 9.17) is 16.2 Å². The summed E-state index contributed by atoms with van der Waals surface area (Å²) in [4.78, 5) is 12.3. The van der Waals surface area contributed by atoms with Crippen LogP contribution in [0.1, 0.15) is 49.0 Å². The van der Waals surface area contributed by atoms with Crippen LogP contribution in [0.2, 0.25) is 0 Å². The number of para-hydroxylation sites is 1. The number of aromatic amines is 1. The Kier molecular flexibility index (Phi) is 16.5. The third-order valence-corrected chi connectivity index (χ3v) is 4.42. The first-order valence-corrected chi connectivity index (χ1v) is 11.1. The average Bonchev–Trinajstić information content (AvgIpc) is 3.20. The molecule has 1 atom stereocenters. The minimum absolute atomic E-state index is 0.0185. The van der Waals surface area contributed by atoms with Crippen molar-refractivity contribution in [3.05, 3.63) is 59.8 Å². The summed E-state index contributed by atoms with van der Waals surface area (Å²) >= 11 is 0. The Hall–Kier alpha value is -3.21. The molecule has 1 aromatic carbocycles. The number of carbonyl (C=O) groups is 1. The van der Waals surface area contributed by atoms with E-state index in [-0.39, 0.29) is 34.2 Å². The minimum Gasteiger partial charge on any atom is -0.507 e. The lowest BCUT2D eigenvalue weighted by molar-refractivity contribution is -0.112. The number of aliphatic hydroxyl groups excluding tert-OH is 1. The largest absolute Gasteiger partial charge is 0.507 e. The summed E-state index contributed by atoms with van der Waals surface area (Å²) in [5, 5.41) is 22.0. The number of nitrogen functional groups attached to an aromatic ring is 1. The third-order valence-electron chi connectivity index (χ3n) is 4.42. The number of aromatic nitrogens is 1. The van der Waals surface area contributed by atoms with E-state index in [0.29, 0.717) is 5.56 Å². The van der Waals surface area contributed by atoms with Gasteiger partial charge in [0.25, 0.3) is 6.43 Å². The molecule has 8 nitrogen and oxygen atoms in total. The van der Waals surface area contributed by atoms with Crippen LogP contribution in [-0.2, 0) is 9.53 Å². The molecule has 0 bridgehead atoms. The lowest BCUT2D eigenvalue weighted by Gasteiger charge is -2.10. The van der Waals surface area contributed by atoms with Crippen LogP contribution < -0.4 is 16.8 Å². The van der Waals surface area contributed by atoms with Gasteiger partial charge in [-0.25, -0.2) is 8.78 Å². The molecule has 2 aromatic rings. The molecule has 1 aromatic heterocycles. The fraction of sp³-hybridized carbons (Fsp3) is 0.400. The van der Waals surface area contributed by atoms with Gasteiger partial charge in [-0.1, -0.05) is 18.7 Å². The van der Waals surface area contributed by atoms with Gasteiger partial charge in [-0.15, -0.1) is 0 Å². The standard InChI is InChI=1S/C14H15F2N3O2.C5H10O.C4H6O.C2H7N/c15-13(16)12(21)9-6-19-14(18)8(9)5-10(17)7-3-1-2-4-11(7)20;1-2-4-6-5-3-1;1-3-4(2)5;1-3-2/h1-6,12-13,19-21H,17-18H2;1-5H2;3H,1H2,2H3;3H,1-2H3/b10-5-;;;. The maximum Gasteiger partial charge on any atom is 0.268 e. The molecule has 196 valence electrons. The van der Waals surface area contributed by atoms with Crippen molar-refractivity contribution in [1.82, 2.24) is 10.3 Å². The van der Waals surface area contributed by atoms with Gasteiger partial charge in [0.05, 0.1) is 0 Å². The van der Waals surface area contributed by atoms with Crippen molar-refractivity contribution in [2.24, 2.45) is 5.73 Å². The van der Waals surface area contributed by atoms with E-state index < -0.39 is 12.5 Å². The summed E-state index contributed by atoms with van der Waals surface area (Å²) < 4.78 is 30.3. The number of hydrogen-bond acceptors (Lipinski definition) is 7.